The van der Waals surface area contributed by atoms with Crippen molar-refractivity contribution in [2.75, 3.05) is 0 Å². The van der Waals surface area contributed by atoms with E-state index >= 15 is 0 Å². The summed E-state index contributed by atoms with van der Waals surface area (Å²) in [6, 6.07) is 6.24. The lowest BCUT2D eigenvalue weighted by atomic mass is 10.1. The van der Waals surface area contributed by atoms with Gasteiger partial charge in [-0.2, -0.15) is 0 Å². The first kappa shape index (κ1) is 11.8. The van der Waals surface area contributed by atoms with Gasteiger partial charge in [0.05, 0.1) is 3.57 Å². The van der Waals surface area contributed by atoms with Crippen molar-refractivity contribution >= 4 is 34.2 Å². The van der Waals surface area contributed by atoms with Crippen LogP contribution in [0.15, 0.2) is 24.4 Å². The van der Waals surface area contributed by atoms with Crippen LogP contribution in [-0.2, 0) is 0 Å². The number of nitrogens with zero attached hydrogens (tertiary/aromatic N) is 2. The van der Waals surface area contributed by atoms with Crippen LogP contribution in [0.4, 0.5) is 0 Å². The highest BCUT2D eigenvalue weighted by Crippen LogP contribution is 2.22. The SMILES string of the molecule is Cc1cc(C)cc(-c2ncc(I)c(Cl)n2)c1. The summed E-state index contributed by atoms with van der Waals surface area (Å²) >= 11 is 8.10. The first-order valence-corrected chi connectivity index (χ1v) is 6.28. The molecule has 1 aromatic heterocycles. The molecule has 0 saturated carbocycles. The van der Waals surface area contributed by atoms with E-state index in [-0.39, 0.29) is 0 Å². The molecule has 2 rings (SSSR count). The van der Waals surface area contributed by atoms with E-state index in [2.05, 4.69) is 64.6 Å². The molecule has 0 atom stereocenters. The maximum absolute atomic E-state index is 5.98. The summed E-state index contributed by atoms with van der Waals surface area (Å²) in [6.07, 6.45) is 1.74. The summed E-state index contributed by atoms with van der Waals surface area (Å²) < 4.78 is 0.868. The molecule has 0 aliphatic carbocycles. The van der Waals surface area contributed by atoms with Gasteiger partial charge >= 0.3 is 0 Å². The number of hydrogen-bond acceptors (Lipinski definition) is 2. The van der Waals surface area contributed by atoms with Crippen molar-refractivity contribution in [2.45, 2.75) is 13.8 Å². The average Bonchev–Trinajstić information content (AvgIpc) is 2.20. The van der Waals surface area contributed by atoms with Gasteiger partial charge in [0.25, 0.3) is 0 Å². The van der Waals surface area contributed by atoms with Crippen LogP contribution in [0.2, 0.25) is 5.15 Å². The predicted molar refractivity (Wildman–Crippen MR) is 74.7 cm³/mol. The molecule has 2 nitrogen and oxygen atoms in total. The molecule has 4 heteroatoms. The van der Waals surface area contributed by atoms with Gasteiger partial charge < -0.3 is 0 Å². The third kappa shape index (κ3) is 2.52. The van der Waals surface area contributed by atoms with Gasteiger partial charge in [0.15, 0.2) is 5.82 Å². The van der Waals surface area contributed by atoms with Crippen LogP contribution >= 0.6 is 34.2 Å². The van der Waals surface area contributed by atoms with Crippen molar-refractivity contribution in [1.82, 2.24) is 9.97 Å². The number of benzene rings is 1. The first-order chi connectivity index (χ1) is 7.56. The minimum absolute atomic E-state index is 0.504. The Hall–Kier alpha value is -0.680. The van der Waals surface area contributed by atoms with E-state index in [1.54, 1.807) is 6.20 Å². The fourth-order valence-corrected chi connectivity index (χ4v) is 1.98. The summed E-state index contributed by atoms with van der Waals surface area (Å²) in [5.74, 6) is 0.678. The zero-order valence-electron chi connectivity index (χ0n) is 8.96. The summed E-state index contributed by atoms with van der Waals surface area (Å²) in [4.78, 5) is 8.56. The van der Waals surface area contributed by atoms with Crippen molar-refractivity contribution in [2.24, 2.45) is 0 Å². The van der Waals surface area contributed by atoms with Crippen molar-refractivity contribution in [3.63, 3.8) is 0 Å². The van der Waals surface area contributed by atoms with Gasteiger partial charge in [0, 0.05) is 11.8 Å². The number of aryl methyl sites for hydroxylation is 2. The van der Waals surface area contributed by atoms with E-state index in [9.17, 15) is 0 Å². The molecule has 0 spiro atoms. The Labute approximate surface area is 113 Å². The van der Waals surface area contributed by atoms with Gasteiger partial charge in [-0.1, -0.05) is 28.8 Å². The standard InChI is InChI=1S/C12H10ClIN2/c1-7-3-8(2)5-9(4-7)12-15-6-10(14)11(13)16-12/h3-6H,1-2H3. The second kappa shape index (κ2) is 4.67. The monoisotopic (exact) mass is 344 g/mol. The van der Waals surface area contributed by atoms with Crippen molar-refractivity contribution in [3.05, 3.63) is 44.2 Å². The zero-order valence-corrected chi connectivity index (χ0v) is 11.9. The zero-order chi connectivity index (χ0) is 11.7. The lowest BCUT2D eigenvalue weighted by Gasteiger charge is -2.04. The van der Waals surface area contributed by atoms with E-state index in [1.807, 2.05) is 0 Å². The molecule has 0 N–H and O–H groups in total. The van der Waals surface area contributed by atoms with E-state index in [0.717, 1.165) is 9.13 Å². The molecule has 0 bridgehead atoms. The van der Waals surface area contributed by atoms with E-state index in [0.29, 0.717) is 11.0 Å². The Morgan fingerprint density at radius 2 is 1.75 bits per heavy atom. The molecule has 0 amide bonds. The number of aromatic nitrogens is 2. The maximum Gasteiger partial charge on any atom is 0.160 e. The Balaban J connectivity index is 2.54. The van der Waals surface area contributed by atoms with Crippen LogP contribution < -0.4 is 0 Å². The van der Waals surface area contributed by atoms with Crippen LogP contribution in [-0.4, -0.2) is 9.97 Å². The van der Waals surface area contributed by atoms with Gasteiger partial charge in [0.1, 0.15) is 5.15 Å². The van der Waals surface area contributed by atoms with E-state index in [1.165, 1.54) is 11.1 Å². The third-order valence-electron chi connectivity index (χ3n) is 2.18. The summed E-state index contributed by atoms with van der Waals surface area (Å²) in [5, 5.41) is 0.504. The minimum atomic E-state index is 0.504. The maximum atomic E-state index is 5.98. The highest BCUT2D eigenvalue weighted by molar-refractivity contribution is 14.1. The van der Waals surface area contributed by atoms with E-state index in [4.69, 9.17) is 11.6 Å². The van der Waals surface area contributed by atoms with Crippen LogP contribution in [0.1, 0.15) is 11.1 Å². The normalized spacial score (nSPS) is 10.5. The summed E-state index contributed by atoms with van der Waals surface area (Å²) in [7, 11) is 0. The van der Waals surface area contributed by atoms with Crippen LogP contribution in [0, 0.1) is 17.4 Å². The first-order valence-electron chi connectivity index (χ1n) is 4.83. The van der Waals surface area contributed by atoms with Crippen LogP contribution in [0.5, 0.6) is 0 Å². The summed E-state index contributed by atoms with van der Waals surface area (Å²) in [5.41, 5.74) is 3.41. The molecule has 2 aromatic rings. The summed E-state index contributed by atoms with van der Waals surface area (Å²) in [6.45, 7) is 4.12. The fraction of sp³-hybridized carbons (Fsp3) is 0.167. The molecule has 0 saturated heterocycles. The lowest BCUT2D eigenvalue weighted by Crippen LogP contribution is -1.92. The molecule has 1 aromatic carbocycles. The largest absolute Gasteiger partial charge is 0.235 e. The van der Waals surface area contributed by atoms with Gasteiger partial charge in [-0.15, -0.1) is 0 Å². The topological polar surface area (TPSA) is 25.8 Å². The van der Waals surface area contributed by atoms with E-state index < -0.39 is 0 Å². The second-order valence-corrected chi connectivity index (χ2v) is 5.23. The molecule has 1 heterocycles. The highest BCUT2D eigenvalue weighted by Gasteiger charge is 2.05. The quantitative estimate of drug-likeness (QED) is 0.577. The molecule has 0 aliphatic rings. The molecule has 82 valence electrons. The third-order valence-corrected chi connectivity index (χ3v) is 3.58. The van der Waals surface area contributed by atoms with Crippen LogP contribution in [0.3, 0.4) is 0 Å². The molecule has 16 heavy (non-hydrogen) atoms. The highest BCUT2D eigenvalue weighted by atomic mass is 127. The van der Waals surface area contributed by atoms with Gasteiger partial charge in [-0.3, -0.25) is 0 Å². The van der Waals surface area contributed by atoms with Crippen LogP contribution in [0.25, 0.3) is 11.4 Å². The Morgan fingerprint density at radius 1 is 1.12 bits per heavy atom. The number of rotatable bonds is 1. The lowest BCUT2D eigenvalue weighted by molar-refractivity contribution is 1.15. The fourth-order valence-electron chi connectivity index (χ4n) is 1.59. The molecule has 0 unspecified atom stereocenters. The van der Waals surface area contributed by atoms with Crippen molar-refractivity contribution in [1.29, 1.82) is 0 Å². The Morgan fingerprint density at radius 3 is 2.31 bits per heavy atom. The van der Waals surface area contributed by atoms with Gasteiger partial charge in [-0.25, -0.2) is 9.97 Å². The number of hydrogen-bond donors (Lipinski definition) is 0. The molecule has 0 fully saturated rings. The predicted octanol–water partition coefficient (Wildman–Crippen LogP) is 4.02. The molecule has 0 radical (unpaired) electrons. The molecule has 0 aliphatic heterocycles. The second-order valence-electron chi connectivity index (χ2n) is 3.71. The molecular weight excluding hydrogens is 335 g/mol. The van der Waals surface area contributed by atoms with Crippen molar-refractivity contribution < 1.29 is 0 Å². The minimum Gasteiger partial charge on any atom is -0.235 e. The molecular formula is C12H10ClIN2. The smallest absolute Gasteiger partial charge is 0.160 e. The Bertz CT molecular complexity index is 520. The van der Waals surface area contributed by atoms with Gasteiger partial charge in [0.2, 0.25) is 0 Å². The van der Waals surface area contributed by atoms with Crippen molar-refractivity contribution in [3.8, 4) is 11.4 Å². The average molecular weight is 345 g/mol. The Kier molecular flexibility index (Phi) is 3.44. The van der Waals surface area contributed by atoms with Gasteiger partial charge in [-0.05, 0) is 48.6 Å². The number of halogens is 2.